The van der Waals surface area contributed by atoms with Gasteiger partial charge >= 0.3 is 81.0 Å². The summed E-state index contributed by atoms with van der Waals surface area (Å²) < 4.78 is 6.21. The Morgan fingerprint density at radius 3 is 2.67 bits per heavy atom. The number of carboxylic acid groups (broad SMARTS) is 1. The molecule has 0 heterocycles. The normalized spacial score (nSPS) is 9.67. The van der Waals surface area contributed by atoms with Crippen LogP contribution < -0.4 is 3.58 Å². The number of aliphatic carboxylic acids is 1. The molecule has 2 radical (unpaired) electrons. The van der Waals surface area contributed by atoms with Crippen LogP contribution in [0.1, 0.15) is 0 Å². The molecular weight excluding hydrogens is 263 g/mol. The van der Waals surface area contributed by atoms with E-state index in [9.17, 15) is 4.79 Å². The van der Waals surface area contributed by atoms with Gasteiger partial charge in [-0.1, -0.05) is 0 Å². The Labute approximate surface area is 81.1 Å². The molecule has 1 N–H and O–H groups in total. The molecule has 0 spiro atoms. The van der Waals surface area contributed by atoms with E-state index in [1.807, 2.05) is 30.3 Å². The molecule has 3 nitrogen and oxygen atoms in total. The van der Waals surface area contributed by atoms with Crippen LogP contribution >= 0.6 is 0 Å². The van der Waals surface area contributed by atoms with Gasteiger partial charge in [0.15, 0.2) is 0 Å². The maximum atomic E-state index is 10.1. The van der Waals surface area contributed by atoms with E-state index in [-0.39, 0.29) is 6.61 Å². The van der Waals surface area contributed by atoms with Crippen LogP contribution in [0.4, 0.5) is 0 Å². The minimum absolute atomic E-state index is 0.166. The van der Waals surface area contributed by atoms with Gasteiger partial charge in [0.05, 0.1) is 0 Å². The van der Waals surface area contributed by atoms with Crippen LogP contribution in [0, 0.1) is 0 Å². The third-order valence-electron chi connectivity index (χ3n) is 1.16. The Morgan fingerprint density at radius 1 is 1.42 bits per heavy atom. The van der Waals surface area contributed by atoms with Crippen molar-refractivity contribution in [3.05, 3.63) is 30.3 Å². The van der Waals surface area contributed by atoms with Crippen LogP contribution in [-0.2, 0) is 7.87 Å². The molecule has 1 aromatic rings. The first-order valence-electron chi connectivity index (χ1n) is 3.43. The molecule has 0 bridgehead atoms. The first-order valence-corrected chi connectivity index (χ1v) is 6.03. The van der Waals surface area contributed by atoms with Crippen molar-refractivity contribution in [2.45, 2.75) is 0 Å². The van der Waals surface area contributed by atoms with Crippen molar-refractivity contribution in [2.75, 3.05) is 6.61 Å². The Balaban J connectivity index is 2.29. The standard InChI is InChI=1S/C6H5.C2H3O3.Sn/c1-2-4-6-5-3-1;3-1-2(4)5;/h1-5H;1H2,(H,4,5);/q;-1;+1. The van der Waals surface area contributed by atoms with Gasteiger partial charge in [-0.3, -0.25) is 0 Å². The number of rotatable bonds is 4. The van der Waals surface area contributed by atoms with Crippen molar-refractivity contribution in [1.82, 2.24) is 0 Å². The Hall–Kier alpha value is -0.551. The molecule has 0 aliphatic carbocycles. The van der Waals surface area contributed by atoms with Gasteiger partial charge in [0, 0.05) is 0 Å². The first kappa shape index (κ1) is 9.54. The summed E-state index contributed by atoms with van der Waals surface area (Å²) in [7, 11) is 0. The second-order valence-electron chi connectivity index (χ2n) is 2.15. The summed E-state index contributed by atoms with van der Waals surface area (Å²) in [6.07, 6.45) is 0. The summed E-state index contributed by atoms with van der Waals surface area (Å²) in [5, 5.41) is 8.29. The summed E-state index contributed by atoms with van der Waals surface area (Å²) >= 11 is -1.10. The number of carbonyl (C=O) groups is 1. The average Bonchev–Trinajstić information content (AvgIpc) is 2.05. The molecule has 62 valence electrons. The first-order chi connectivity index (χ1) is 5.79. The number of hydrogen-bond acceptors (Lipinski definition) is 2. The van der Waals surface area contributed by atoms with Crippen molar-refractivity contribution in [3.63, 3.8) is 0 Å². The second-order valence-corrected chi connectivity index (χ2v) is 5.20. The maximum absolute atomic E-state index is 10.1. The van der Waals surface area contributed by atoms with Gasteiger partial charge in [0.25, 0.3) is 0 Å². The molecule has 0 amide bonds. The summed E-state index contributed by atoms with van der Waals surface area (Å²) in [6.45, 7) is -0.166. The summed E-state index contributed by atoms with van der Waals surface area (Å²) in [6, 6.07) is 9.72. The summed E-state index contributed by atoms with van der Waals surface area (Å²) in [5.74, 6) is -0.896. The molecule has 0 saturated heterocycles. The number of benzene rings is 1. The van der Waals surface area contributed by atoms with Crippen molar-refractivity contribution in [2.24, 2.45) is 0 Å². The van der Waals surface area contributed by atoms with Crippen LogP contribution in [0.2, 0.25) is 0 Å². The Morgan fingerprint density at radius 2 is 2.08 bits per heavy atom. The SMILES string of the molecule is O=C(O)C[O][Sn][c]1ccccc1. The van der Waals surface area contributed by atoms with E-state index < -0.39 is 27.5 Å². The van der Waals surface area contributed by atoms with Crippen molar-refractivity contribution < 1.29 is 13.0 Å². The zero-order valence-electron chi connectivity index (χ0n) is 6.36. The van der Waals surface area contributed by atoms with E-state index in [2.05, 4.69) is 0 Å². The zero-order chi connectivity index (χ0) is 8.81. The van der Waals surface area contributed by atoms with Gasteiger partial charge in [-0.05, 0) is 0 Å². The monoisotopic (exact) mass is 272 g/mol. The number of carboxylic acids is 1. The molecule has 0 aliphatic rings. The van der Waals surface area contributed by atoms with Crippen molar-refractivity contribution in [1.29, 1.82) is 0 Å². The topological polar surface area (TPSA) is 46.5 Å². The predicted octanol–water partition coefficient (Wildman–Crippen LogP) is 0.0323. The van der Waals surface area contributed by atoms with Gasteiger partial charge < -0.3 is 0 Å². The molecule has 0 fully saturated rings. The third-order valence-corrected chi connectivity index (χ3v) is 3.61. The van der Waals surface area contributed by atoms with Crippen LogP contribution in [0.25, 0.3) is 0 Å². The fraction of sp³-hybridized carbons (Fsp3) is 0.125. The van der Waals surface area contributed by atoms with E-state index in [0.29, 0.717) is 0 Å². The Kier molecular flexibility index (Phi) is 4.10. The molecule has 0 aliphatic heterocycles. The van der Waals surface area contributed by atoms with E-state index in [1.165, 1.54) is 0 Å². The van der Waals surface area contributed by atoms with Gasteiger partial charge in [0.2, 0.25) is 0 Å². The van der Waals surface area contributed by atoms with Gasteiger partial charge in [0.1, 0.15) is 0 Å². The Bertz CT molecular complexity index is 248. The van der Waals surface area contributed by atoms with E-state index >= 15 is 0 Å². The molecule has 1 aromatic carbocycles. The molecular formula is C8H8O3Sn. The summed E-state index contributed by atoms with van der Waals surface area (Å²) in [4.78, 5) is 10.1. The second kappa shape index (κ2) is 5.16. The van der Waals surface area contributed by atoms with Gasteiger partial charge in [-0.2, -0.15) is 0 Å². The van der Waals surface area contributed by atoms with E-state index in [0.717, 1.165) is 3.58 Å². The van der Waals surface area contributed by atoms with Gasteiger partial charge in [-0.25, -0.2) is 0 Å². The van der Waals surface area contributed by atoms with E-state index in [1.54, 1.807) is 0 Å². The van der Waals surface area contributed by atoms with Gasteiger partial charge in [-0.15, -0.1) is 0 Å². The summed E-state index contributed by atoms with van der Waals surface area (Å²) in [5.41, 5.74) is 0. The van der Waals surface area contributed by atoms with E-state index in [4.69, 9.17) is 8.18 Å². The average molecular weight is 271 g/mol. The zero-order valence-corrected chi connectivity index (χ0v) is 9.21. The van der Waals surface area contributed by atoms with Crippen molar-refractivity contribution in [3.8, 4) is 0 Å². The quantitative estimate of drug-likeness (QED) is 0.786. The molecule has 4 heteroatoms. The fourth-order valence-electron chi connectivity index (χ4n) is 0.687. The molecule has 1 rings (SSSR count). The third kappa shape index (κ3) is 3.73. The molecule has 0 unspecified atom stereocenters. The van der Waals surface area contributed by atoms with Crippen LogP contribution in [0.3, 0.4) is 0 Å². The molecule has 0 saturated carbocycles. The molecule has 0 atom stereocenters. The van der Waals surface area contributed by atoms with Crippen LogP contribution in [0.5, 0.6) is 0 Å². The fourth-order valence-corrected chi connectivity index (χ4v) is 2.66. The minimum atomic E-state index is -1.10. The van der Waals surface area contributed by atoms with Crippen LogP contribution in [0.15, 0.2) is 30.3 Å². The predicted molar refractivity (Wildman–Crippen MR) is 45.4 cm³/mol. The molecule has 12 heavy (non-hydrogen) atoms. The number of hydrogen-bond donors (Lipinski definition) is 1. The van der Waals surface area contributed by atoms with Crippen molar-refractivity contribution >= 4 is 31.1 Å². The molecule has 0 aromatic heterocycles. The van der Waals surface area contributed by atoms with Crippen LogP contribution in [-0.4, -0.2) is 39.2 Å².